The Morgan fingerprint density at radius 3 is 2.80 bits per heavy atom. The summed E-state index contributed by atoms with van der Waals surface area (Å²) in [6, 6.07) is 18.3. The average molecular weight is 469 g/mol. The van der Waals surface area contributed by atoms with Crippen molar-refractivity contribution in [2.24, 2.45) is 5.92 Å². The quantitative estimate of drug-likeness (QED) is 0.452. The van der Waals surface area contributed by atoms with E-state index in [0.29, 0.717) is 38.2 Å². The Morgan fingerprint density at radius 1 is 1.17 bits per heavy atom. The van der Waals surface area contributed by atoms with Crippen LogP contribution in [0.25, 0.3) is 0 Å². The molecular formula is C26H24N6O3. The Hall–Kier alpha value is -4.45. The number of amides is 1. The van der Waals surface area contributed by atoms with Gasteiger partial charge in [0.05, 0.1) is 28.1 Å². The molecule has 2 aliphatic rings. The van der Waals surface area contributed by atoms with Gasteiger partial charge < -0.3 is 15.1 Å². The van der Waals surface area contributed by atoms with Gasteiger partial charge in [-0.15, -0.1) is 0 Å². The Labute approximate surface area is 202 Å². The summed E-state index contributed by atoms with van der Waals surface area (Å²) in [5.41, 5.74) is 4.13. The van der Waals surface area contributed by atoms with E-state index in [1.807, 2.05) is 30.3 Å². The first-order valence-electron chi connectivity index (χ1n) is 11.5. The summed E-state index contributed by atoms with van der Waals surface area (Å²) >= 11 is 0. The second kappa shape index (κ2) is 9.43. The van der Waals surface area contributed by atoms with E-state index in [1.165, 1.54) is 6.07 Å². The fourth-order valence-electron chi connectivity index (χ4n) is 5.11. The number of nitrogens with zero attached hydrogens (tertiary/aromatic N) is 5. The number of nitro benzene ring substituents is 1. The van der Waals surface area contributed by atoms with Crippen molar-refractivity contribution in [2.45, 2.75) is 19.0 Å². The third-order valence-corrected chi connectivity index (χ3v) is 6.80. The third-order valence-electron chi connectivity index (χ3n) is 6.80. The predicted molar refractivity (Wildman–Crippen MR) is 131 cm³/mol. The van der Waals surface area contributed by atoms with Crippen molar-refractivity contribution in [1.29, 1.82) is 5.26 Å². The monoisotopic (exact) mass is 468 g/mol. The number of nitriles is 1. The molecule has 2 aliphatic heterocycles. The number of hydrogen-bond donors (Lipinski definition) is 1. The fourth-order valence-corrected chi connectivity index (χ4v) is 5.11. The van der Waals surface area contributed by atoms with Crippen LogP contribution in [0.3, 0.4) is 0 Å². The smallest absolute Gasteiger partial charge is 0.269 e. The molecule has 176 valence electrons. The van der Waals surface area contributed by atoms with Gasteiger partial charge in [0.15, 0.2) is 0 Å². The molecule has 0 saturated carbocycles. The maximum Gasteiger partial charge on any atom is 0.269 e. The van der Waals surface area contributed by atoms with Crippen molar-refractivity contribution >= 4 is 23.0 Å². The molecule has 35 heavy (non-hydrogen) atoms. The predicted octanol–water partition coefficient (Wildman–Crippen LogP) is 3.05. The SMILES string of the molecule is N#Cc1ccccc1N1CCN2c3ccc([N+](=O)[O-])cc3CC(C(=O)NCc3cccnc3)C2C1. The van der Waals surface area contributed by atoms with Crippen LogP contribution in [0.5, 0.6) is 0 Å². The molecule has 3 aromatic rings. The number of para-hydroxylation sites is 1. The number of aromatic nitrogens is 1. The summed E-state index contributed by atoms with van der Waals surface area (Å²) in [5, 5.41) is 24.0. The number of hydrogen-bond acceptors (Lipinski definition) is 7. The number of anilines is 2. The highest BCUT2D eigenvalue weighted by atomic mass is 16.6. The highest BCUT2D eigenvalue weighted by Gasteiger charge is 2.42. The Kier molecular flexibility index (Phi) is 6.02. The summed E-state index contributed by atoms with van der Waals surface area (Å²) in [6.07, 6.45) is 3.81. The van der Waals surface area contributed by atoms with Gasteiger partial charge in [-0.2, -0.15) is 5.26 Å². The van der Waals surface area contributed by atoms with Gasteiger partial charge >= 0.3 is 0 Å². The number of non-ortho nitro benzene ring substituents is 1. The number of benzene rings is 2. The zero-order valence-electron chi connectivity index (χ0n) is 19.0. The van der Waals surface area contributed by atoms with E-state index >= 15 is 0 Å². The molecule has 9 heteroatoms. The van der Waals surface area contributed by atoms with E-state index in [1.54, 1.807) is 30.6 Å². The topological polar surface area (TPSA) is 115 Å². The van der Waals surface area contributed by atoms with Gasteiger partial charge in [0.2, 0.25) is 5.91 Å². The normalized spacial score (nSPS) is 18.7. The number of nitro groups is 1. The zero-order chi connectivity index (χ0) is 24.4. The highest BCUT2D eigenvalue weighted by molar-refractivity contribution is 5.82. The molecule has 2 atom stereocenters. The van der Waals surface area contributed by atoms with E-state index in [9.17, 15) is 20.2 Å². The number of nitrogens with one attached hydrogen (secondary N) is 1. The number of fused-ring (bicyclic) bond motifs is 3. The van der Waals surface area contributed by atoms with Crippen LogP contribution in [0.1, 0.15) is 16.7 Å². The Bertz CT molecular complexity index is 1310. The number of carbonyl (C=O) groups excluding carboxylic acids is 1. The molecule has 2 unspecified atom stereocenters. The van der Waals surface area contributed by atoms with Crippen LogP contribution in [-0.4, -0.2) is 41.5 Å². The van der Waals surface area contributed by atoms with Gasteiger partial charge in [0.25, 0.3) is 5.69 Å². The van der Waals surface area contributed by atoms with E-state index < -0.39 is 10.8 Å². The van der Waals surface area contributed by atoms with Crippen LogP contribution >= 0.6 is 0 Å². The average Bonchev–Trinajstić information content (AvgIpc) is 2.91. The molecule has 0 radical (unpaired) electrons. The lowest BCUT2D eigenvalue weighted by molar-refractivity contribution is -0.384. The molecule has 1 saturated heterocycles. The molecule has 0 spiro atoms. The lowest BCUT2D eigenvalue weighted by Crippen LogP contribution is -2.61. The molecule has 1 amide bonds. The van der Waals surface area contributed by atoms with Gasteiger partial charge in [-0.25, -0.2) is 0 Å². The van der Waals surface area contributed by atoms with Crippen LogP contribution in [0, 0.1) is 27.4 Å². The molecular weight excluding hydrogens is 444 g/mol. The largest absolute Gasteiger partial charge is 0.367 e. The van der Waals surface area contributed by atoms with Gasteiger partial charge in [0.1, 0.15) is 6.07 Å². The second-order valence-electron chi connectivity index (χ2n) is 8.80. The molecule has 0 aliphatic carbocycles. The van der Waals surface area contributed by atoms with Crippen LogP contribution in [0.2, 0.25) is 0 Å². The fraction of sp³-hybridized carbons (Fsp3) is 0.269. The van der Waals surface area contributed by atoms with Crippen molar-refractivity contribution < 1.29 is 9.72 Å². The van der Waals surface area contributed by atoms with Gasteiger partial charge in [-0.05, 0) is 41.8 Å². The van der Waals surface area contributed by atoms with Gasteiger partial charge in [0, 0.05) is 56.4 Å². The van der Waals surface area contributed by atoms with Crippen molar-refractivity contribution in [1.82, 2.24) is 10.3 Å². The van der Waals surface area contributed by atoms with Crippen molar-refractivity contribution in [2.75, 3.05) is 29.4 Å². The van der Waals surface area contributed by atoms with Crippen LogP contribution in [0.15, 0.2) is 67.0 Å². The molecule has 1 N–H and O–H groups in total. The summed E-state index contributed by atoms with van der Waals surface area (Å²) in [5.74, 6) is -0.505. The summed E-state index contributed by atoms with van der Waals surface area (Å²) < 4.78 is 0. The van der Waals surface area contributed by atoms with E-state index in [-0.39, 0.29) is 17.6 Å². The van der Waals surface area contributed by atoms with Crippen LogP contribution in [0.4, 0.5) is 17.1 Å². The highest BCUT2D eigenvalue weighted by Crippen LogP contribution is 2.39. The maximum atomic E-state index is 13.5. The van der Waals surface area contributed by atoms with Crippen molar-refractivity contribution in [3.63, 3.8) is 0 Å². The number of piperazine rings is 1. The molecule has 1 fully saturated rings. The lowest BCUT2D eigenvalue weighted by Gasteiger charge is -2.49. The standard InChI is InChI=1S/C26H24N6O3/c27-14-19-5-1-2-6-23(19)30-10-11-31-24-8-7-21(32(34)35)12-20(24)13-22(25(31)17-30)26(33)29-16-18-4-3-9-28-15-18/h1-9,12,15,22,25H,10-11,13,16-17H2,(H,29,33). The first-order valence-corrected chi connectivity index (χ1v) is 11.5. The van der Waals surface area contributed by atoms with Crippen molar-refractivity contribution in [3.05, 3.63) is 93.8 Å². The molecule has 1 aromatic heterocycles. The van der Waals surface area contributed by atoms with Crippen molar-refractivity contribution in [3.8, 4) is 6.07 Å². The zero-order valence-corrected chi connectivity index (χ0v) is 19.0. The first kappa shape index (κ1) is 22.3. The minimum atomic E-state index is -0.404. The molecule has 2 aromatic carbocycles. The maximum absolute atomic E-state index is 13.5. The summed E-state index contributed by atoms with van der Waals surface area (Å²) in [6.45, 7) is 2.25. The number of rotatable bonds is 5. The molecule has 5 rings (SSSR count). The van der Waals surface area contributed by atoms with E-state index in [4.69, 9.17) is 0 Å². The Balaban J connectivity index is 1.46. The minimum Gasteiger partial charge on any atom is -0.367 e. The first-order chi connectivity index (χ1) is 17.0. The van der Waals surface area contributed by atoms with Crippen LogP contribution < -0.4 is 15.1 Å². The van der Waals surface area contributed by atoms with Gasteiger partial charge in [-0.1, -0.05) is 18.2 Å². The summed E-state index contributed by atoms with van der Waals surface area (Å²) in [4.78, 5) is 32.9. The van der Waals surface area contributed by atoms with Gasteiger partial charge in [-0.3, -0.25) is 19.9 Å². The number of carbonyl (C=O) groups is 1. The molecule has 3 heterocycles. The third kappa shape index (κ3) is 4.38. The summed E-state index contributed by atoms with van der Waals surface area (Å²) in [7, 11) is 0. The van der Waals surface area contributed by atoms with E-state index in [0.717, 1.165) is 22.5 Å². The van der Waals surface area contributed by atoms with Crippen LogP contribution in [-0.2, 0) is 17.8 Å². The number of pyridine rings is 1. The molecule has 0 bridgehead atoms. The Morgan fingerprint density at radius 2 is 2.03 bits per heavy atom. The van der Waals surface area contributed by atoms with E-state index in [2.05, 4.69) is 26.2 Å². The lowest BCUT2D eigenvalue weighted by atomic mass is 9.83. The second-order valence-corrected chi connectivity index (χ2v) is 8.80. The molecule has 9 nitrogen and oxygen atoms in total. The minimum absolute atomic E-state index is 0.0262.